The molecule has 1 unspecified atom stereocenters. The van der Waals surface area contributed by atoms with Crippen LogP contribution < -0.4 is 0 Å². The van der Waals surface area contributed by atoms with Crippen molar-refractivity contribution in [2.45, 2.75) is 360 Å². The lowest BCUT2D eigenvalue weighted by molar-refractivity contribution is -0.161. The molecule has 0 saturated heterocycles. The fourth-order valence-electron chi connectivity index (χ4n) is 10.1. The van der Waals surface area contributed by atoms with E-state index < -0.39 is 6.10 Å². The minimum Gasteiger partial charge on any atom is -0.462 e. The maximum absolute atomic E-state index is 12.4. The van der Waals surface area contributed by atoms with Gasteiger partial charge in [-0.2, -0.15) is 0 Å². The Hall–Kier alpha value is -2.40. The van der Waals surface area contributed by atoms with Crippen molar-refractivity contribution in [3.05, 3.63) is 60.8 Å². The number of esters is 2. The van der Waals surface area contributed by atoms with Crippen molar-refractivity contribution in [3.63, 3.8) is 0 Å². The average Bonchev–Trinajstić information content (AvgIpc) is 3.41. The zero-order valence-electron chi connectivity index (χ0n) is 50.3. The fraction of sp³-hybridized carbons (Fsp3) is 0.829. The van der Waals surface area contributed by atoms with Crippen molar-refractivity contribution in [2.75, 3.05) is 13.2 Å². The van der Waals surface area contributed by atoms with Gasteiger partial charge in [-0.1, -0.05) is 344 Å². The van der Waals surface area contributed by atoms with Crippen molar-refractivity contribution in [3.8, 4) is 0 Å². The van der Waals surface area contributed by atoms with Gasteiger partial charge in [-0.3, -0.25) is 9.59 Å². The SMILES string of the molecule is CC/C=C\C/C=C\C/C=C\C/C=C\C/C=C\CCCCCCCCCCCCCCCCCCCCCC(=O)OC(CO)COC(=O)CCCCCCCCCCCCCCCCCCCCCCCCCCCC. The van der Waals surface area contributed by atoms with Crippen LogP contribution in [0.3, 0.4) is 0 Å². The van der Waals surface area contributed by atoms with E-state index in [1.807, 2.05) is 0 Å². The van der Waals surface area contributed by atoms with E-state index in [2.05, 4.69) is 74.6 Å². The molecule has 0 saturated carbocycles. The summed E-state index contributed by atoms with van der Waals surface area (Å²) in [5, 5.41) is 9.69. The molecule has 75 heavy (non-hydrogen) atoms. The molecule has 0 aliphatic carbocycles. The summed E-state index contributed by atoms with van der Waals surface area (Å²) < 4.78 is 10.8. The minimum atomic E-state index is -0.771. The molecular formula is C70H128O5. The van der Waals surface area contributed by atoms with Gasteiger partial charge in [0.1, 0.15) is 6.61 Å². The van der Waals surface area contributed by atoms with Crippen LogP contribution >= 0.6 is 0 Å². The second kappa shape index (κ2) is 65.9. The molecule has 0 aromatic carbocycles. The largest absolute Gasteiger partial charge is 0.462 e. The van der Waals surface area contributed by atoms with Crippen LogP contribution in [0.15, 0.2) is 60.8 Å². The highest BCUT2D eigenvalue weighted by molar-refractivity contribution is 5.70. The molecule has 0 fully saturated rings. The third-order valence-corrected chi connectivity index (χ3v) is 15.1. The molecule has 0 bridgehead atoms. The first kappa shape index (κ1) is 72.6. The molecule has 0 spiro atoms. The first-order valence-electron chi connectivity index (χ1n) is 33.3. The maximum Gasteiger partial charge on any atom is 0.306 e. The number of carbonyl (C=O) groups is 2. The number of hydrogen-bond donors (Lipinski definition) is 1. The number of unbranched alkanes of at least 4 members (excludes halogenated alkanes) is 44. The van der Waals surface area contributed by atoms with Gasteiger partial charge in [0.05, 0.1) is 6.61 Å². The van der Waals surface area contributed by atoms with Crippen LogP contribution in [0.2, 0.25) is 0 Å². The number of rotatable bonds is 62. The fourth-order valence-corrected chi connectivity index (χ4v) is 10.1. The topological polar surface area (TPSA) is 72.8 Å². The number of aliphatic hydroxyl groups is 1. The monoisotopic (exact) mass is 1050 g/mol. The third kappa shape index (κ3) is 64.0. The maximum atomic E-state index is 12.4. The Morgan fingerprint density at radius 1 is 0.320 bits per heavy atom. The second-order valence-electron chi connectivity index (χ2n) is 22.5. The molecule has 1 N–H and O–H groups in total. The van der Waals surface area contributed by atoms with Crippen LogP contribution in [0.1, 0.15) is 354 Å². The summed E-state index contributed by atoms with van der Waals surface area (Å²) in [7, 11) is 0. The summed E-state index contributed by atoms with van der Waals surface area (Å²) in [6, 6.07) is 0. The van der Waals surface area contributed by atoms with Gasteiger partial charge in [-0.25, -0.2) is 0 Å². The molecule has 0 aliphatic rings. The Labute approximate surface area is 468 Å². The molecule has 0 amide bonds. The lowest BCUT2D eigenvalue weighted by atomic mass is 10.0. The smallest absolute Gasteiger partial charge is 0.306 e. The minimum absolute atomic E-state index is 0.0603. The highest BCUT2D eigenvalue weighted by Crippen LogP contribution is 2.18. The zero-order valence-corrected chi connectivity index (χ0v) is 50.3. The van der Waals surface area contributed by atoms with Gasteiger partial charge in [-0.15, -0.1) is 0 Å². The van der Waals surface area contributed by atoms with Crippen molar-refractivity contribution in [2.24, 2.45) is 0 Å². The molecular weight excluding hydrogens is 921 g/mol. The first-order chi connectivity index (χ1) is 37.1. The van der Waals surface area contributed by atoms with Gasteiger partial charge in [0.25, 0.3) is 0 Å². The highest BCUT2D eigenvalue weighted by atomic mass is 16.6. The zero-order chi connectivity index (χ0) is 54.1. The van der Waals surface area contributed by atoms with Crippen molar-refractivity contribution in [1.29, 1.82) is 0 Å². The molecule has 1 atom stereocenters. The number of hydrogen-bond acceptors (Lipinski definition) is 5. The van der Waals surface area contributed by atoms with Gasteiger partial charge in [0, 0.05) is 12.8 Å². The van der Waals surface area contributed by atoms with Crippen LogP contribution in [-0.2, 0) is 19.1 Å². The summed E-state index contributed by atoms with van der Waals surface area (Å²) in [5.41, 5.74) is 0. The third-order valence-electron chi connectivity index (χ3n) is 15.1. The lowest BCUT2D eigenvalue weighted by Gasteiger charge is -2.15. The highest BCUT2D eigenvalue weighted by Gasteiger charge is 2.16. The second-order valence-corrected chi connectivity index (χ2v) is 22.5. The molecule has 0 aliphatic heterocycles. The van der Waals surface area contributed by atoms with Crippen molar-refractivity contribution < 1.29 is 24.2 Å². The Balaban J connectivity index is 3.41. The van der Waals surface area contributed by atoms with Crippen LogP contribution in [0.5, 0.6) is 0 Å². The number of aliphatic hydroxyl groups excluding tert-OH is 1. The van der Waals surface area contributed by atoms with E-state index in [0.29, 0.717) is 12.8 Å². The van der Waals surface area contributed by atoms with Crippen LogP contribution in [0.25, 0.3) is 0 Å². The average molecular weight is 1050 g/mol. The number of allylic oxidation sites excluding steroid dienone is 10. The molecule has 0 aromatic rings. The van der Waals surface area contributed by atoms with E-state index in [0.717, 1.165) is 64.2 Å². The Morgan fingerprint density at radius 2 is 0.573 bits per heavy atom. The summed E-state index contributed by atoms with van der Waals surface area (Å²) in [6.45, 7) is 4.08. The van der Waals surface area contributed by atoms with Crippen molar-refractivity contribution in [1.82, 2.24) is 0 Å². The predicted octanol–water partition coefficient (Wildman–Crippen LogP) is 22.9. The van der Waals surface area contributed by atoms with Crippen LogP contribution in [0, 0.1) is 0 Å². The Morgan fingerprint density at radius 3 is 0.867 bits per heavy atom. The van der Waals surface area contributed by atoms with E-state index in [1.54, 1.807) is 0 Å². The Bertz CT molecular complexity index is 1280. The summed E-state index contributed by atoms with van der Waals surface area (Å²) in [5.74, 6) is -0.569. The molecule has 0 radical (unpaired) electrons. The van der Waals surface area contributed by atoms with Gasteiger partial charge in [0.2, 0.25) is 0 Å². The molecule has 0 heterocycles. The van der Waals surface area contributed by atoms with Gasteiger partial charge < -0.3 is 14.6 Å². The lowest BCUT2D eigenvalue weighted by Crippen LogP contribution is -2.28. The van der Waals surface area contributed by atoms with Crippen LogP contribution in [-0.4, -0.2) is 36.4 Å². The number of ether oxygens (including phenoxy) is 2. The summed E-state index contributed by atoms with van der Waals surface area (Å²) >= 11 is 0. The molecule has 438 valence electrons. The van der Waals surface area contributed by atoms with Gasteiger partial charge >= 0.3 is 11.9 Å². The molecule has 0 aromatic heterocycles. The van der Waals surface area contributed by atoms with E-state index in [4.69, 9.17) is 9.47 Å². The quantitative estimate of drug-likeness (QED) is 0.0373. The first-order valence-corrected chi connectivity index (χ1v) is 33.3. The summed E-state index contributed by atoms with van der Waals surface area (Å²) in [6.07, 6.45) is 89.6. The van der Waals surface area contributed by atoms with E-state index >= 15 is 0 Å². The van der Waals surface area contributed by atoms with Crippen molar-refractivity contribution >= 4 is 11.9 Å². The van der Waals surface area contributed by atoms with Crippen LogP contribution in [0.4, 0.5) is 0 Å². The van der Waals surface area contributed by atoms with E-state index in [9.17, 15) is 14.7 Å². The molecule has 5 heteroatoms. The Kier molecular flexibility index (Phi) is 63.8. The predicted molar refractivity (Wildman–Crippen MR) is 330 cm³/mol. The van der Waals surface area contributed by atoms with E-state index in [-0.39, 0.29) is 25.2 Å². The standard InChI is InChI=1S/C70H128O5/c1-3-5-7-9-11-13-15-17-19-21-23-25-27-29-31-32-33-34-35-36-37-38-39-41-43-45-47-49-51-53-55-57-59-61-63-65-70(73)75-68(66-71)67-74-69(72)64-62-60-58-56-54-52-50-48-46-44-42-40-30-28-26-24-22-20-18-16-14-12-10-8-6-4-2/h5,7,11,13,17,19,23,25,29,31,68,71H,3-4,6,8-10,12,14-16,18,20-22,24,26-28,30,32-67H2,1-2H3/b7-5-,13-11-,19-17-,25-23-,31-29-. The number of carbonyl (C=O) groups excluding carboxylic acids is 2. The summed E-state index contributed by atoms with van der Waals surface area (Å²) in [4.78, 5) is 24.6. The normalized spacial score (nSPS) is 12.5. The van der Waals surface area contributed by atoms with Gasteiger partial charge in [0.15, 0.2) is 6.10 Å². The molecule has 5 nitrogen and oxygen atoms in total. The van der Waals surface area contributed by atoms with Gasteiger partial charge in [-0.05, 0) is 57.8 Å². The van der Waals surface area contributed by atoms with E-state index in [1.165, 1.54) is 263 Å². The molecule has 0 rings (SSSR count).